The fourth-order valence-corrected chi connectivity index (χ4v) is 4.65. The van der Waals surface area contributed by atoms with Crippen LogP contribution in [0.15, 0.2) is 82.1 Å². The molecular formula is C28H28N2O3S. The lowest BCUT2D eigenvalue weighted by Gasteiger charge is -2.07. The highest BCUT2D eigenvalue weighted by Crippen LogP contribution is 2.24. The van der Waals surface area contributed by atoms with E-state index in [2.05, 4.69) is 29.4 Å². The molecule has 4 rings (SSSR count). The Morgan fingerprint density at radius 3 is 2.21 bits per heavy atom. The van der Waals surface area contributed by atoms with Gasteiger partial charge < -0.3 is 9.73 Å². The standard InChI is InChI=1S/C28H28N2O3S/c1-4-21-7-9-22(10-8-21)17-29-27(31)23-11-13-24(14-12-23)28-30-26(20(3)33-28)18-34(32)25-15-5-19(2)6-16-25/h5-16H,4,17-18H2,1-3H3,(H,29,31)/t34-/m0/s1. The zero-order valence-electron chi connectivity index (χ0n) is 19.6. The number of nitrogens with one attached hydrogen (secondary N) is 1. The van der Waals surface area contributed by atoms with Crippen LogP contribution in [0.5, 0.6) is 0 Å². The molecule has 0 unspecified atom stereocenters. The minimum atomic E-state index is -1.20. The van der Waals surface area contributed by atoms with Crippen LogP contribution < -0.4 is 5.32 Å². The normalized spacial score (nSPS) is 11.9. The predicted octanol–water partition coefficient (Wildman–Crippen LogP) is 5.76. The zero-order valence-corrected chi connectivity index (χ0v) is 20.4. The Morgan fingerprint density at radius 2 is 1.56 bits per heavy atom. The first-order valence-electron chi connectivity index (χ1n) is 11.3. The van der Waals surface area contributed by atoms with Gasteiger partial charge in [0, 0.05) is 22.6 Å². The Bertz CT molecular complexity index is 1290. The third-order valence-corrected chi connectivity index (χ3v) is 7.06. The third kappa shape index (κ3) is 5.69. The summed E-state index contributed by atoms with van der Waals surface area (Å²) >= 11 is 0. The maximum Gasteiger partial charge on any atom is 0.251 e. The maximum absolute atomic E-state index is 12.7. The number of rotatable bonds is 8. The number of benzene rings is 3. The molecule has 174 valence electrons. The molecule has 0 aliphatic rings. The molecule has 4 aromatic rings. The van der Waals surface area contributed by atoms with E-state index in [9.17, 15) is 9.00 Å². The topological polar surface area (TPSA) is 72.2 Å². The summed E-state index contributed by atoms with van der Waals surface area (Å²) in [4.78, 5) is 17.9. The molecule has 1 amide bonds. The average Bonchev–Trinajstić information content (AvgIpc) is 3.23. The van der Waals surface area contributed by atoms with Crippen molar-refractivity contribution in [3.05, 3.63) is 107 Å². The van der Waals surface area contributed by atoms with E-state index >= 15 is 0 Å². The van der Waals surface area contributed by atoms with E-state index in [0.29, 0.717) is 29.5 Å². The number of aromatic nitrogens is 1. The zero-order chi connectivity index (χ0) is 24.1. The minimum absolute atomic E-state index is 0.135. The van der Waals surface area contributed by atoms with Crippen molar-refractivity contribution in [2.24, 2.45) is 0 Å². The van der Waals surface area contributed by atoms with E-state index in [1.165, 1.54) is 5.56 Å². The number of hydrogen-bond acceptors (Lipinski definition) is 4. The maximum atomic E-state index is 12.7. The van der Waals surface area contributed by atoms with Crippen molar-refractivity contribution in [1.82, 2.24) is 10.3 Å². The van der Waals surface area contributed by atoms with Crippen molar-refractivity contribution in [1.29, 1.82) is 0 Å². The van der Waals surface area contributed by atoms with E-state index in [0.717, 1.165) is 28.0 Å². The van der Waals surface area contributed by atoms with E-state index in [1.54, 1.807) is 12.1 Å². The predicted molar refractivity (Wildman–Crippen MR) is 135 cm³/mol. The fraction of sp³-hybridized carbons (Fsp3) is 0.214. The molecule has 0 bridgehead atoms. The smallest absolute Gasteiger partial charge is 0.251 e. The van der Waals surface area contributed by atoms with Crippen LogP contribution >= 0.6 is 0 Å². The van der Waals surface area contributed by atoms with Gasteiger partial charge in [0.2, 0.25) is 5.89 Å². The molecule has 0 fully saturated rings. The lowest BCUT2D eigenvalue weighted by atomic mass is 10.1. The molecule has 0 aliphatic carbocycles. The number of nitrogens with zero attached hydrogens (tertiary/aromatic N) is 1. The van der Waals surface area contributed by atoms with Crippen molar-refractivity contribution in [3.63, 3.8) is 0 Å². The largest absolute Gasteiger partial charge is 0.441 e. The van der Waals surface area contributed by atoms with Gasteiger partial charge in [-0.1, -0.05) is 48.9 Å². The quantitative estimate of drug-likeness (QED) is 0.354. The Morgan fingerprint density at radius 1 is 0.912 bits per heavy atom. The third-order valence-electron chi connectivity index (χ3n) is 5.72. The number of amides is 1. The molecule has 1 atom stereocenters. The average molecular weight is 473 g/mol. The summed E-state index contributed by atoms with van der Waals surface area (Å²) < 4.78 is 18.6. The van der Waals surface area contributed by atoms with Gasteiger partial charge in [0.1, 0.15) is 5.76 Å². The summed E-state index contributed by atoms with van der Waals surface area (Å²) in [6, 6.07) is 23.1. The molecule has 0 saturated heterocycles. The van der Waals surface area contributed by atoms with Crippen LogP contribution in [0, 0.1) is 13.8 Å². The Kier molecular flexibility index (Phi) is 7.38. The number of carbonyl (C=O) groups excluding carboxylic acids is 1. The number of aryl methyl sites for hydroxylation is 3. The van der Waals surface area contributed by atoms with Gasteiger partial charge in [0.15, 0.2) is 0 Å². The highest BCUT2D eigenvalue weighted by atomic mass is 32.2. The van der Waals surface area contributed by atoms with Crippen molar-refractivity contribution >= 4 is 16.7 Å². The van der Waals surface area contributed by atoms with Gasteiger partial charge in [-0.15, -0.1) is 0 Å². The molecule has 0 radical (unpaired) electrons. The molecule has 5 nitrogen and oxygen atoms in total. The van der Waals surface area contributed by atoms with E-state index in [-0.39, 0.29) is 11.7 Å². The summed E-state index contributed by atoms with van der Waals surface area (Å²) in [5, 5.41) is 2.95. The molecule has 0 aliphatic heterocycles. The Balaban J connectivity index is 1.39. The fourth-order valence-electron chi connectivity index (χ4n) is 3.52. The molecule has 0 saturated carbocycles. The first-order valence-corrected chi connectivity index (χ1v) is 12.6. The van der Waals surface area contributed by atoms with Gasteiger partial charge in [-0.25, -0.2) is 4.98 Å². The highest BCUT2D eigenvalue weighted by Gasteiger charge is 2.16. The van der Waals surface area contributed by atoms with Gasteiger partial charge in [-0.05, 0) is 67.8 Å². The molecular weight excluding hydrogens is 444 g/mol. The van der Waals surface area contributed by atoms with Gasteiger partial charge >= 0.3 is 0 Å². The summed E-state index contributed by atoms with van der Waals surface area (Å²) in [6.45, 7) is 6.42. The van der Waals surface area contributed by atoms with Crippen LogP contribution in [-0.4, -0.2) is 15.1 Å². The van der Waals surface area contributed by atoms with Crippen LogP contribution in [0.4, 0.5) is 0 Å². The lowest BCUT2D eigenvalue weighted by Crippen LogP contribution is -2.22. The molecule has 6 heteroatoms. The monoisotopic (exact) mass is 472 g/mol. The van der Waals surface area contributed by atoms with E-state index in [4.69, 9.17) is 4.42 Å². The molecule has 1 heterocycles. The second-order valence-electron chi connectivity index (χ2n) is 8.25. The summed E-state index contributed by atoms with van der Waals surface area (Å²) in [7, 11) is -1.20. The number of oxazole rings is 1. The van der Waals surface area contributed by atoms with Gasteiger partial charge in [0.25, 0.3) is 5.91 Å². The molecule has 1 N–H and O–H groups in total. The van der Waals surface area contributed by atoms with Crippen molar-refractivity contribution < 1.29 is 13.4 Å². The van der Waals surface area contributed by atoms with Gasteiger partial charge in [-0.3, -0.25) is 9.00 Å². The van der Waals surface area contributed by atoms with Gasteiger partial charge in [0.05, 0.1) is 22.2 Å². The Labute approximate surface area is 202 Å². The first-order chi connectivity index (χ1) is 16.4. The summed E-state index contributed by atoms with van der Waals surface area (Å²) in [6.07, 6.45) is 0.995. The van der Waals surface area contributed by atoms with Crippen molar-refractivity contribution in [3.8, 4) is 11.5 Å². The van der Waals surface area contributed by atoms with E-state index in [1.807, 2.05) is 62.4 Å². The molecule has 1 aromatic heterocycles. The van der Waals surface area contributed by atoms with Crippen LogP contribution in [0.3, 0.4) is 0 Å². The molecule has 34 heavy (non-hydrogen) atoms. The highest BCUT2D eigenvalue weighted by molar-refractivity contribution is 7.84. The van der Waals surface area contributed by atoms with Crippen molar-refractivity contribution in [2.75, 3.05) is 0 Å². The second-order valence-corrected chi connectivity index (χ2v) is 9.71. The number of hydrogen-bond donors (Lipinski definition) is 1. The molecule has 0 spiro atoms. The van der Waals surface area contributed by atoms with Crippen LogP contribution in [0.25, 0.3) is 11.5 Å². The van der Waals surface area contributed by atoms with Crippen LogP contribution in [0.2, 0.25) is 0 Å². The number of carbonyl (C=O) groups is 1. The second kappa shape index (κ2) is 10.6. The van der Waals surface area contributed by atoms with E-state index < -0.39 is 10.8 Å². The Hall–Kier alpha value is -3.51. The van der Waals surface area contributed by atoms with Gasteiger partial charge in [-0.2, -0.15) is 0 Å². The van der Waals surface area contributed by atoms with Crippen LogP contribution in [0.1, 0.15) is 45.4 Å². The van der Waals surface area contributed by atoms with Crippen molar-refractivity contribution in [2.45, 2.75) is 44.4 Å². The SMILES string of the molecule is CCc1ccc(CNC(=O)c2ccc(-c3nc(C[S@](=O)c4ccc(C)cc4)c(C)o3)cc2)cc1. The summed E-state index contributed by atoms with van der Waals surface area (Å²) in [5.74, 6) is 1.25. The first kappa shape index (κ1) is 23.6. The summed E-state index contributed by atoms with van der Waals surface area (Å²) in [5.41, 5.74) is 5.47. The minimum Gasteiger partial charge on any atom is -0.441 e. The molecule has 3 aromatic carbocycles. The lowest BCUT2D eigenvalue weighted by molar-refractivity contribution is 0.0951. The van der Waals surface area contributed by atoms with Crippen LogP contribution in [-0.2, 0) is 29.5 Å².